The van der Waals surface area contributed by atoms with Crippen LogP contribution in [0.4, 0.5) is 5.69 Å². The highest BCUT2D eigenvalue weighted by atomic mass is 15.1. The summed E-state index contributed by atoms with van der Waals surface area (Å²) in [7, 11) is 4.20. The second-order valence-corrected chi connectivity index (χ2v) is 4.19. The van der Waals surface area contributed by atoms with Crippen molar-refractivity contribution >= 4 is 5.69 Å². The van der Waals surface area contributed by atoms with E-state index in [4.69, 9.17) is 0 Å². The van der Waals surface area contributed by atoms with Crippen molar-refractivity contribution in [3.05, 3.63) is 53.9 Å². The van der Waals surface area contributed by atoms with E-state index in [0.29, 0.717) is 0 Å². The predicted molar refractivity (Wildman–Crippen MR) is 69.2 cm³/mol. The number of para-hydroxylation sites is 1. The zero-order valence-corrected chi connectivity index (χ0v) is 9.90. The van der Waals surface area contributed by atoms with E-state index in [0.717, 1.165) is 18.5 Å². The molecule has 1 aliphatic carbocycles. The van der Waals surface area contributed by atoms with Gasteiger partial charge in [-0.2, -0.15) is 0 Å². The number of nitrogens with zero attached hydrogens (tertiary/aromatic N) is 1. The van der Waals surface area contributed by atoms with Crippen molar-refractivity contribution in [2.24, 2.45) is 0 Å². The average molecular weight is 214 g/mol. The van der Waals surface area contributed by atoms with Gasteiger partial charge in [-0.05, 0) is 31.1 Å². The second-order valence-electron chi connectivity index (χ2n) is 4.19. The van der Waals surface area contributed by atoms with Crippen molar-refractivity contribution in [1.82, 2.24) is 4.90 Å². The fourth-order valence-corrected chi connectivity index (χ4v) is 1.91. The molecule has 84 valence electrons. The van der Waals surface area contributed by atoms with Gasteiger partial charge in [-0.3, -0.25) is 0 Å². The topological polar surface area (TPSA) is 15.3 Å². The van der Waals surface area contributed by atoms with Crippen LogP contribution in [0.3, 0.4) is 0 Å². The zero-order valence-electron chi connectivity index (χ0n) is 9.90. The average Bonchev–Trinajstić information content (AvgIpc) is 2.31. The monoisotopic (exact) mass is 214 g/mol. The fraction of sp³-hybridized carbons (Fsp3) is 0.286. The van der Waals surface area contributed by atoms with Gasteiger partial charge >= 0.3 is 0 Å². The number of allylic oxidation sites excluding steroid dienone is 3. The van der Waals surface area contributed by atoms with E-state index in [9.17, 15) is 0 Å². The Morgan fingerprint density at radius 3 is 2.56 bits per heavy atom. The van der Waals surface area contributed by atoms with Crippen LogP contribution in [0.5, 0.6) is 0 Å². The molecule has 16 heavy (non-hydrogen) atoms. The molecule has 1 N–H and O–H groups in total. The molecule has 2 heteroatoms. The minimum Gasteiger partial charge on any atom is -0.379 e. The molecule has 2 nitrogen and oxygen atoms in total. The van der Waals surface area contributed by atoms with Crippen LogP contribution >= 0.6 is 0 Å². The van der Waals surface area contributed by atoms with Crippen molar-refractivity contribution < 1.29 is 0 Å². The quantitative estimate of drug-likeness (QED) is 0.831. The third-order valence-corrected chi connectivity index (χ3v) is 2.74. The maximum absolute atomic E-state index is 3.46. The summed E-state index contributed by atoms with van der Waals surface area (Å²) in [5.41, 5.74) is 3.72. The summed E-state index contributed by atoms with van der Waals surface area (Å²) in [5, 5.41) is 3.46. The Hall–Kier alpha value is -1.70. The number of anilines is 1. The molecule has 0 aromatic heterocycles. The van der Waals surface area contributed by atoms with Crippen molar-refractivity contribution in [1.29, 1.82) is 0 Å². The normalized spacial score (nSPS) is 15.1. The Morgan fingerprint density at radius 1 is 1.12 bits per heavy atom. The van der Waals surface area contributed by atoms with Gasteiger partial charge in [-0.25, -0.2) is 0 Å². The van der Waals surface area contributed by atoms with Crippen molar-refractivity contribution in [2.45, 2.75) is 12.8 Å². The Balaban J connectivity index is 2.22. The van der Waals surface area contributed by atoms with Gasteiger partial charge in [-0.1, -0.05) is 24.3 Å². The van der Waals surface area contributed by atoms with Gasteiger partial charge in [0.25, 0.3) is 0 Å². The minimum absolute atomic E-state index is 1.11. The molecule has 0 heterocycles. The molecule has 0 radical (unpaired) electrons. The van der Waals surface area contributed by atoms with Crippen LogP contribution in [0.25, 0.3) is 0 Å². The SMILES string of the molecule is CN(C)C1=C(Nc2ccccc2)C=CCC1. The Bertz CT molecular complexity index is 402. The molecule has 0 bridgehead atoms. The summed E-state index contributed by atoms with van der Waals surface area (Å²) < 4.78 is 0. The van der Waals surface area contributed by atoms with Gasteiger partial charge in [0.05, 0.1) is 5.70 Å². The molecular formula is C14H18N2. The van der Waals surface area contributed by atoms with Crippen LogP contribution in [0.15, 0.2) is 53.9 Å². The lowest BCUT2D eigenvalue weighted by molar-refractivity contribution is 0.481. The highest BCUT2D eigenvalue weighted by Crippen LogP contribution is 2.22. The molecular weight excluding hydrogens is 196 g/mol. The van der Waals surface area contributed by atoms with Crippen LogP contribution in [-0.2, 0) is 0 Å². The van der Waals surface area contributed by atoms with E-state index in [-0.39, 0.29) is 0 Å². The van der Waals surface area contributed by atoms with Crippen LogP contribution in [0, 0.1) is 0 Å². The second kappa shape index (κ2) is 4.88. The first-order valence-electron chi connectivity index (χ1n) is 5.66. The van der Waals surface area contributed by atoms with E-state index in [2.05, 4.69) is 48.6 Å². The van der Waals surface area contributed by atoms with Gasteiger partial charge < -0.3 is 10.2 Å². The smallest absolute Gasteiger partial charge is 0.0575 e. The summed E-state index contributed by atoms with van der Waals surface area (Å²) in [5.74, 6) is 0. The molecule has 1 aliphatic rings. The number of nitrogens with one attached hydrogen (secondary N) is 1. The molecule has 0 fully saturated rings. The highest BCUT2D eigenvalue weighted by Gasteiger charge is 2.09. The maximum atomic E-state index is 3.46. The highest BCUT2D eigenvalue weighted by molar-refractivity contribution is 5.52. The van der Waals surface area contributed by atoms with Gasteiger partial charge in [0.2, 0.25) is 0 Å². The lowest BCUT2D eigenvalue weighted by atomic mass is 10.1. The van der Waals surface area contributed by atoms with Crippen LogP contribution in [0.1, 0.15) is 12.8 Å². The number of rotatable bonds is 3. The van der Waals surface area contributed by atoms with Crippen LogP contribution in [-0.4, -0.2) is 19.0 Å². The Morgan fingerprint density at radius 2 is 1.88 bits per heavy atom. The van der Waals surface area contributed by atoms with E-state index in [1.165, 1.54) is 11.4 Å². The zero-order chi connectivity index (χ0) is 11.4. The van der Waals surface area contributed by atoms with Crippen LogP contribution in [0.2, 0.25) is 0 Å². The van der Waals surface area contributed by atoms with Crippen molar-refractivity contribution in [3.8, 4) is 0 Å². The first-order valence-corrected chi connectivity index (χ1v) is 5.66. The summed E-state index contributed by atoms with van der Waals surface area (Å²) in [6, 6.07) is 10.3. The minimum atomic E-state index is 1.11. The Kier molecular flexibility index (Phi) is 3.30. The molecule has 0 amide bonds. The summed E-state index contributed by atoms with van der Waals surface area (Å²) in [6.07, 6.45) is 6.64. The maximum Gasteiger partial charge on any atom is 0.0575 e. The largest absolute Gasteiger partial charge is 0.379 e. The van der Waals surface area contributed by atoms with E-state index in [1.807, 2.05) is 18.2 Å². The lowest BCUT2D eigenvalue weighted by Gasteiger charge is -2.23. The third kappa shape index (κ3) is 2.45. The molecule has 1 aromatic carbocycles. The Labute approximate surface area is 97.3 Å². The molecule has 0 atom stereocenters. The summed E-state index contributed by atoms with van der Waals surface area (Å²) in [4.78, 5) is 2.19. The van der Waals surface area contributed by atoms with Crippen molar-refractivity contribution in [3.63, 3.8) is 0 Å². The summed E-state index contributed by atoms with van der Waals surface area (Å²) >= 11 is 0. The summed E-state index contributed by atoms with van der Waals surface area (Å²) in [6.45, 7) is 0. The number of hydrogen-bond donors (Lipinski definition) is 1. The first-order chi connectivity index (χ1) is 7.77. The molecule has 1 aromatic rings. The number of hydrogen-bond acceptors (Lipinski definition) is 2. The molecule has 0 aliphatic heterocycles. The van der Waals surface area contributed by atoms with E-state index in [1.54, 1.807) is 0 Å². The van der Waals surface area contributed by atoms with Gasteiger partial charge in [0, 0.05) is 25.5 Å². The number of benzene rings is 1. The predicted octanol–water partition coefficient (Wildman–Crippen LogP) is 3.22. The fourth-order valence-electron chi connectivity index (χ4n) is 1.91. The molecule has 2 rings (SSSR count). The van der Waals surface area contributed by atoms with Gasteiger partial charge in [0.1, 0.15) is 0 Å². The lowest BCUT2D eigenvalue weighted by Crippen LogP contribution is -2.17. The molecule has 0 spiro atoms. The standard InChI is InChI=1S/C14H18N2/c1-16(2)14-11-7-6-10-13(14)15-12-8-4-3-5-9-12/h3-6,8-10,15H,7,11H2,1-2H3. The van der Waals surface area contributed by atoms with Gasteiger partial charge in [0.15, 0.2) is 0 Å². The van der Waals surface area contributed by atoms with E-state index < -0.39 is 0 Å². The molecule has 0 saturated heterocycles. The van der Waals surface area contributed by atoms with Crippen LogP contribution < -0.4 is 5.32 Å². The van der Waals surface area contributed by atoms with Crippen molar-refractivity contribution in [2.75, 3.05) is 19.4 Å². The third-order valence-electron chi connectivity index (χ3n) is 2.74. The first kappa shape index (κ1) is 10.8. The molecule has 0 saturated carbocycles. The van der Waals surface area contributed by atoms with E-state index >= 15 is 0 Å². The van der Waals surface area contributed by atoms with Gasteiger partial charge in [-0.15, -0.1) is 0 Å². The molecule has 0 unspecified atom stereocenters.